The zero-order valence-corrected chi connectivity index (χ0v) is 10.9. The molecule has 0 aliphatic carbocycles. The van der Waals surface area contributed by atoms with Gasteiger partial charge in [-0.25, -0.2) is 0 Å². The second-order valence-corrected chi connectivity index (χ2v) is 4.74. The fraction of sp³-hybridized carbons (Fsp3) is 0.154. The number of hydrogen-bond acceptors (Lipinski definition) is 3. The van der Waals surface area contributed by atoms with Gasteiger partial charge >= 0.3 is 0 Å². The van der Waals surface area contributed by atoms with Crippen molar-refractivity contribution >= 4 is 29.0 Å². The fourth-order valence-electron chi connectivity index (χ4n) is 2.17. The summed E-state index contributed by atoms with van der Waals surface area (Å²) in [6.07, 6.45) is 1.78. The minimum Gasteiger partial charge on any atom is -0.297 e. The van der Waals surface area contributed by atoms with E-state index in [2.05, 4.69) is 5.10 Å². The second-order valence-electron chi connectivity index (χ2n) is 4.34. The van der Waals surface area contributed by atoms with E-state index in [0.29, 0.717) is 22.0 Å². The Balaban J connectivity index is 2.04. The quantitative estimate of drug-likeness (QED) is 0.786. The van der Waals surface area contributed by atoms with E-state index < -0.39 is 11.7 Å². The van der Waals surface area contributed by atoms with Crippen molar-refractivity contribution in [2.75, 3.05) is 4.90 Å². The van der Waals surface area contributed by atoms with Crippen LogP contribution in [0.2, 0.25) is 5.02 Å². The van der Waals surface area contributed by atoms with Crippen LogP contribution in [0.25, 0.3) is 0 Å². The van der Waals surface area contributed by atoms with Gasteiger partial charge in [0.25, 0.3) is 11.7 Å². The first kappa shape index (κ1) is 11.9. The van der Waals surface area contributed by atoms with Gasteiger partial charge in [-0.2, -0.15) is 5.10 Å². The fourth-order valence-corrected chi connectivity index (χ4v) is 2.45. The molecule has 1 aliphatic heterocycles. The van der Waals surface area contributed by atoms with E-state index in [1.54, 1.807) is 42.2 Å². The molecule has 0 fully saturated rings. The van der Waals surface area contributed by atoms with Gasteiger partial charge in [-0.1, -0.05) is 17.7 Å². The highest BCUT2D eigenvalue weighted by Gasteiger charge is 2.37. The molecule has 0 unspecified atom stereocenters. The van der Waals surface area contributed by atoms with Gasteiger partial charge in [0.05, 0.1) is 28.5 Å². The third-order valence-corrected chi connectivity index (χ3v) is 3.33. The van der Waals surface area contributed by atoms with Crippen LogP contribution >= 0.6 is 11.6 Å². The summed E-state index contributed by atoms with van der Waals surface area (Å²) in [5, 5.41) is 4.60. The highest BCUT2D eigenvalue weighted by Crippen LogP contribution is 2.36. The minimum atomic E-state index is -0.561. The van der Waals surface area contributed by atoms with Gasteiger partial charge in [0.1, 0.15) is 0 Å². The Hall–Kier alpha value is -2.14. The number of fused-ring (bicyclic) bond motifs is 1. The van der Waals surface area contributed by atoms with Gasteiger partial charge in [0.15, 0.2) is 0 Å². The molecule has 0 radical (unpaired) electrons. The van der Waals surface area contributed by atoms with Crippen molar-refractivity contribution < 1.29 is 9.59 Å². The Kier molecular flexibility index (Phi) is 2.64. The number of Topliss-reactive ketones (excluding diaryl/α,β-unsaturated/α-hetero) is 1. The van der Waals surface area contributed by atoms with Gasteiger partial charge in [-0.15, -0.1) is 0 Å². The number of anilines is 1. The number of benzene rings is 1. The molecule has 1 aromatic carbocycles. The van der Waals surface area contributed by atoms with Crippen LogP contribution in [-0.4, -0.2) is 21.5 Å². The van der Waals surface area contributed by atoms with E-state index in [1.165, 1.54) is 4.90 Å². The largest absolute Gasteiger partial charge is 0.299 e. The van der Waals surface area contributed by atoms with Crippen LogP contribution < -0.4 is 4.90 Å². The van der Waals surface area contributed by atoms with Crippen molar-refractivity contribution in [3.63, 3.8) is 0 Å². The molecule has 1 amide bonds. The van der Waals surface area contributed by atoms with Crippen LogP contribution in [0, 0.1) is 0 Å². The number of nitrogens with zero attached hydrogens (tertiary/aromatic N) is 3. The van der Waals surface area contributed by atoms with Gasteiger partial charge < -0.3 is 0 Å². The lowest BCUT2D eigenvalue weighted by Crippen LogP contribution is -2.29. The molecular weight excluding hydrogens is 266 g/mol. The Labute approximate surface area is 114 Å². The molecule has 0 saturated carbocycles. The van der Waals surface area contributed by atoms with Gasteiger partial charge in [0.2, 0.25) is 0 Å². The summed E-state index contributed by atoms with van der Waals surface area (Å²) in [4.78, 5) is 25.3. The van der Waals surface area contributed by atoms with Crippen molar-refractivity contribution in [3.8, 4) is 0 Å². The molecular formula is C13H10ClN3O2. The van der Waals surface area contributed by atoms with Crippen molar-refractivity contribution in [2.45, 2.75) is 6.54 Å². The average molecular weight is 276 g/mol. The van der Waals surface area contributed by atoms with E-state index in [-0.39, 0.29) is 6.54 Å². The molecule has 1 aliphatic rings. The topological polar surface area (TPSA) is 55.2 Å². The molecule has 2 aromatic rings. The second kappa shape index (κ2) is 4.20. The summed E-state index contributed by atoms with van der Waals surface area (Å²) in [5.74, 6) is -1.08. The van der Waals surface area contributed by atoms with E-state index in [9.17, 15) is 9.59 Å². The number of hydrogen-bond donors (Lipinski definition) is 0. The summed E-state index contributed by atoms with van der Waals surface area (Å²) >= 11 is 6.09. The third kappa shape index (κ3) is 1.82. The van der Waals surface area contributed by atoms with Crippen molar-refractivity contribution in [3.05, 3.63) is 46.7 Å². The van der Waals surface area contributed by atoms with Crippen LogP contribution in [0.5, 0.6) is 0 Å². The zero-order chi connectivity index (χ0) is 13.6. The lowest BCUT2D eigenvalue weighted by molar-refractivity contribution is -0.114. The number of aromatic nitrogens is 2. The lowest BCUT2D eigenvalue weighted by Gasteiger charge is -2.16. The number of aryl methyl sites for hydroxylation is 1. The first-order valence-electron chi connectivity index (χ1n) is 5.71. The molecule has 19 heavy (non-hydrogen) atoms. The number of amides is 1. The smallest absolute Gasteiger partial charge is 0.297 e. The van der Waals surface area contributed by atoms with E-state index in [0.717, 1.165) is 0 Å². The van der Waals surface area contributed by atoms with E-state index >= 15 is 0 Å². The highest BCUT2D eigenvalue weighted by molar-refractivity contribution is 6.54. The highest BCUT2D eigenvalue weighted by atomic mass is 35.5. The Bertz CT molecular complexity index is 693. The predicted octanol–water partition coefficient (Wildman–Crippen LogP) is 1.80. The molecule has 0 N–H and O–H groups in total. The SMILES string of the molecule is Cn1ccc(CN2C(=O)C(=O)c3cccc(Cl)c32)n1. The van der Waals surface area contributed by atoms with Crippen molar-refractivity contribution in [2.24, 2.45) is 7.05 Å². The summed E-state index contributed by atoms with van der Waals surface area (Å²) < 4.78 is 1.64. The molecule has 1 aromatic heterocycles. The number of carbonyl (C=O) groups is 2. The van der Waals surface area contributed by atoms with Gasteiger partial charge in [0, 0.05) is 13.2 Å². The first-order chi connectivity index (χ1) is 9.08. The van der Waals surface area contributed by atoms with E-state index in [4.69, 9.17) is 11.6 Å². The monoisotopic (exact) mass is 275 g/mol. The van der Waals surface area contributed by atoms with E-state index in [1.807, 2.05) is 0 Å². The maximum Gasteiger partial charge on any atom is 0.299 e. The van der Waals surface area contributed by atoms with Gasteiger partial charge in [-0.3, -0.25) is 19.2 Å². The average Bonchev–Trinajstić information content (AvgIpc) is 2.89. The molecule has 0 atom stereocenters. The standard InChI is InChI=1S/C13H10ClN3O2/c1-16-6-5-8(15-16)7-17-11-9(12(18)13(17)19)3-2-4-10(11)14/h2-6H,7H2,1H3. The van der Waals surface area contributed by atoms with Crippen LogP contribution in [0.15, 0.2) is 30.5 Å². The Morgan fingerprint density at radius 3 is 2.74 bits per heavy atom. The summed E-state index contributed by atoms with van der Waals surface area (Å²) in [6, 6.07) is 6.74. The van der Waals surface area contributed by atoms with Gasteiger partial charge in [-0.05, 0) is 18.2 Å². The molecule has 0 saturated heterocycles. The number of halogens is 1. The number of carbonyl (C=O) groups excluding carboxylic acids is 2. The molecule has 5 nitrogen and oxygen atoms in total. The summed E-state index contributed by atoms with van der Waals surface area (Å²) in [5.41, 5.74) is 1.54. The maximum absolute atomic E-state index is 12.0. The minimum absolute atomic E-state index is 0.238. The number of rotatable bonds is 2. The molecule has 96 valence electrons. The summed E-state index contributed by atoms with van der Waals surface area (Å²) in [7, 11) is 1.79. The lowest BCUT2D eigenvalue weighted by atomic mass is 10.1. The Morgan fingerprint density at radius 2 is 2.05 bits per heavy atom. The molecule has 0 spiro atoms. The predicted molar refractivity (Wildman–Crippen MR) is 70.2 cm³/mol. The normalized spacial score (nSPS) is 14.1. The number of ketones is 1. The number of para-hydroxylation sites is 1. The van der Waals surface area contributed by atoms with Crippen LogP contribution in [0.1, 0.15) is 16.1 Å². The molecule has 3 rings (SSSR count). The van der Waals surface area contributed by atoms with Crippen LogP contribution in [0.3, 0.4) is 0 Å². The summed E-state index contributed by atoms with van der Waals surface area (Å²) in [6.45, 7) is 0.238. The van der Waals surface area contributed by atoms with Crippen LogP contribution in [0.4, 0.5) is 5.69 Å². The Morgan fingerprint density at radius 1 is 1.26 bits per heavy atom. The molecule has 6 heteroatoms. The van der Waals surface area contributed by atoms with Crippen molar-refractivity contribution in [1.82, 2.24) is 9.78 Å². The first-order valence-corrected chi connectivity index (χ1v) is 6.09. The van der Waals surface area contributed by atoms with Crippen molar-refractivity contribution in [1.29, 1.82) is 0 Å². The zero-order valence-electron chi connectivity index (χ0n) is 10.1. The molecule has 2 heterocycles. The molecule has 0 bridgehead atoms. The third-order valence-electron chi connectivity index (χ3n) is 3.03. The maximum atomic E-state index is 12.0. The van der Waals surface area contributed by atoms with Crippen LogP contribution in [-0.2, 0) is 18.4 Å².